The molecule has 1 N–H and O–H groups in total. The van der Waals surface area contributed by atoms with E-state index in [1.807, 2.05) is 20.8 Å². The molecule has 0 saturated carbocycles. The van der Waals surface area contributed by atoms with Gasteiger partial charge in [-0.1, -0.05) is 45.8 Å². The molecule has 2 unspecified atom stereocenters. The van der Waals surface area contributed by atoms with Crippen LogP contribution in [-0.4, -0.2) is 46.9 Å². The van der Waals surface area contributed by atoms with E-state index in [9.17, 15) is 33.6 Å². The number of rotatable bonds is 15. The van der Waals surface area contributed by atoms with Crippen LogP contribution in [0, 0.1) is 11.8 Å². The van der Waals surface area contributed by atoms with E-state index in [0.29, 0.717) is 19.3 Å². The minimum absolute atomic E-state index is 0.00960. The SMILES string of the molecule is CCC=CC1=C(CC(CC)CC2=C(CC(CC)CC3=C(CCC(=O)O)C(=O)OC3=O)C(=O)OC2=O)C(=O)OC1=O. The summed E-state index contributed by atoms with van der Waals surface area (Å²) >= 11 is 0. The van der Waals surface area contributed by atoms with Gasteiger partial charge in [0.2, 0.25) is 0 Å². The van der Waals surface area contributed by atoms with Crippen LogP contribution in [0.1, 0.15) is 78.6 Å². The summed E-state index contributed by atoms with van der Waals surface area (Å²) in [5.74, 6) is -6.50. The van der Waals surface area contributed by atoms with Crippen LogP contribution in [0.25, 0.3) is 0 Å². The summed E-state index contributed by atoms with van der Waals surface area (Å²) < 4.78 is 14.4. The number of carboxylic acid groups (broad SMARTS) is 1. The summed E-state index contributed by atoms with van der Waals surface area (Å²) in [5, 5.41) is 8.98. The molecule has 0 aromatic heterocycles. The third kappa shape index (κ3) is 6.88. The lowest BCUT2D eigenvalue weighted by Crippen LogP contribution is -2.12. The third-order valence-corrected chi connectivity index (χ3v) is 7.30. The van der Waals surface area contributed by atoms with E-state index in [0.717, 1.165) is 0 Å². The molecular weight excluding hydrogens is 524 g/mol. The number of aliphatic carboxylic acids is 1. The van der Waals surface area contributed by atoms with Crippen LogP contribution in [0.2, 0.25) is 0 Å². The summed E-state index contributed by atoms with van der Waals surface area (Å²) in [6.07, 6.45) is 4.86. The van der Waals surface area contributed by atoms with Gasteiger partial charge in [-0.05, 0) is 50.4 Å². The van der Waals surface area contributed by atoms with Gasteiger partial charge in [0.1, 0.15) is 0 Å². The molecule has 11 nitrogen and oxygen atoms in total. The molecule has 0 bridgehead atoms. The number of carboxylic acids is 1. The van der Waals surface area contributed by atoms with Gasteiger partial charge in [0.05, 0.1) is 11.1 Å². The number of hydrogen-bond donors (Lipinski definition) is 1. The van der Waals surface area contributed by atoms with E-state index in [4.69, 9.17) is 19.3 Å². The lowest BCUT2D eigenvalue weighted by molar-refractivity contribution is -0.153. The Labute approximate surface area is 230 Å². The summed E-state index contributed by atoms with van der Waals surface area (Å²) in [6.45, 7) is 5.57. The number of carbonyl (C=O) groups excluding carboxylic acids is 6. The highest BCUT2D eigenvalue weighted by atomic mass is 16.6. The Morgan fingerprint density at radius 2 is 1.05 bits per heavy atom. The normalized spacial score (nSPS) is 19.3. The van der Waals surface area contributed by atoms with Crippen molar-refractivity contribution in [1.29, 1.82) is 0 Å². The van der Waals surface area contributed by atoms with Crippen molar-refractivity contribution < 1.29 is 52.9 Å². The van der Waals surface area contributed by atoms with Crippen molar-refractivity contribution in [3.63, 3.8) is 0 Å². The van der Waals surface area contributed by atoms with Crippen LogP contribution < -0.4 is 0 Å². The van der Waals surface area contributed by atoms with Crippen molar-refractivity contribution in [2.75, 3.05) is 0 Å². The number of hydrogen-bond acceptors (Lipinski definition) is 10. The average molecular weight is 557 g/mol. The van der Waals surface area contributed by atoms with Gasteiger partial charge in [-0.15, -0.1) is 0 Å². The molecule has 214 valence electrons. The van der Waals surface area contributed by atoms with Crippen molar-refractivity contribution in [3.05, 3.63) is 45.6 Å². The van der Waals surface area contributed by atoms with Crippen LogP contribution in [0.15, 0.2) is 45.6 Å². The highest BCUT2D eigenvalue weighted by Crippen LogP contribution is 2.37. The number of cyclic esters (lactones) is 6. The number of esters is 6. The standard InChI is InChI=1S/C29H32O11/c1-4-7-8-17-19(26(34)38-24(17)32)11-15(5-2)13-21-22(29(37)40-28(21)36)14-16(6-3)12-20-18(9-10-23(30)31)25(33)39-27(20)35/h7-8,15-16H,4-6,9-14H2,1-3H3,(H,30,31). The first-order chi connectivity index (χ1) is 19.0. The van der Waals surface area contributed by atoms with Crippen LogP contribution in [0.4, 0.5) is 0 Å². The Kier molecular flexibility index (Phi) is 10.1. The van der Waals surface area contributed by atoms with Crippen LogP contribution in [-0.2, 0) is 47.8 Å². The van der Waals surface area contributed by atoms with Crippen molar-refractivity contribution in [1.82, 2.24) is 0 Å². The Balaban J connectivity index is 1.85. The molecule has 11 heteroatoms. The van der Waals surface area contributed by atoms with Crippen molar-refractivity contribution in [3.8, 4) is 0 Å². The van der Waals surface area contributed by atoms with Crippen LogP contribution in [0.3, 0.4) is 0 Å². The van der Waals surface area contributed by atoms with Crippen molar-refractivity contribution >= 4 is 41.8 Å². The second kappa shape index (κ2) is 13.3. The van der Waals surface area contributed by atoms with E-state index in [1.54, 1.807) is 12.2 Å². The maximum Gasteiger partial charge on any atom is 0.346 e. The molecule has 0 amide bonds. The molecule has 0 radical (unpaired) electrons. The van der Waals surface area contributed by atoms with Gasteiger partial charge in [-0.25, -0.2) is 28.8 Å². The zero-order valence-corrected chi connectivity index (χ0v) is 22.7. The molecule has 0 aromatic rings. The smallest absolute Gasteiger partial charge is 0.346 e. The molecular formula is C29H32O11. The fraction of sp³-hybridized carbons (Fsp3) is 0.483. The van der Waals surface area contributed by atoms with Gasteiger partial charge in [0.15, 0.2) is 0 Å². The van der Waals surface area contributed by atoms with Gasteiger partial charge < -0.3 is 19.3 Å². The average Bonchev–Trinajstić information content (AvgIpc) is 3.43. The summed E-state index contributed by atoms with van der Waals surface area (Å²) in [4.78, 5) is 85.2. The molecule has 0 aliphatic carbocycles. The second-order valence-corrected chi connectivity index (χ2v) is 9.91. The summed E-state index contributed by atoms with van der Waals surface area (Å²) in [5.41, 5.74) is 0.817. The van der Waals surface area contributed by atoms with Crippen molar-refractivity contribution in [2.45, 2.75) is 78.6 Å². The Hall–Kier alpha value is -4.15. The largest absolute Gasteiger partial charge is 0.481 e. The molecule has 3 aliphatic rings. The first kappa shape index (κ1) is 30.4. The van der Waals surface area contributed by atoms with Gasteiger partial charge in [0, 0.05) is 28.7 Å². The second-order valence-electron chi connectivity index (χ2n) is 9.91. The Bertz CT molecular complexity index is 1270. The van der Waals surface area contributed by atoms with Gasteiger partial charge in [0.25, 0.3) is 0 Å². The predicted molar refractivity (Wildman–Crippen MR) is 137 cm³/mol. The lowest BCUT2D eigenvalue weighted by Gasteiger charge is -2.17. The van der Waals surface area contributed by atoms with Crippen LogP contribution >= 0.6 is 0 Å². The highest BCUT2D eigenvalue weighted by molar-refractivity contribution is 6.14. The van der Waals surface area contributed by atoms with E-state index < -0.39 is 41.8 Å². The highest BCUT2D eigenvalue weighted by Gasteiger charge is 2.39. The topological polar surface area (TPSA) is 167 Å². The summed E-state index contributed by atoms with van der Waals surface area (Å²) in [7, 11) is 0. The predicted octanol–water partition coefficient (Wildman–Crippen LogP) is 3.57. The molecule has 3 heterocycles. The van der Waals surface area contributed by atoms with Crippen LogP contribution in [0.5, 0.6) is 0 Å². The van der Waals surface area contributed by atoms with E-state index >= 15 is 0 Å². The molecule has 0 fully saturated rings. The zero-order chi connectivity index (χ0) is 29.6. The first-order valence-electron chi connectivity index (χ1n) is 13.3. The van der Waals surface area contributed by atoms with E-state index in [1.165, 1.54) is 0 Å². The monoisotopic (exact) mass is 556 g/mol. The summed E-state index contributed by atoms with van der Waals surface area (Å²) in [6, 6.07) is 0. The number of allylic oxidation sites excluding steroid dienone is 1. The zero-order valence-electron chi connectivity index (χ0n) is 22.7. The molecule has 0 spiro atoms. The maximum atomic E-state index is 12.7. The molecule has 3 aliphatic heterocycles. The maximum absolute atomic E-state index is 12.7. The fourth-order valence-electron chi connectivity index (χ4n) is 4.92. The molecule has 2 atom stereocenters. The minimum atomic E-state index is -1.13. The number of carbonyl (C=O) groups is 7. The Morgan fingerprint density at radius 1 is 0.650 bits per heavy atom. The third-order valence-electron chi connectivity index (χ3n) is 7.30. The Morgan fingerprint density at radius 3 is 1.50 bits per heavy atom. The first-order valence-corrected chi connectivity index (χ1v) is 13.3. The van der Waals surface area contributed by atoms with E-state index in [-0.39, 0.29) is 83.8 Å². The fourth-order valence-corrected chi connectivity index (χ4v) is 4.92. The van der Waals surface area contributed by atoms with Gasteiger partial charge in [-0.3, -0.25) is 4.79 Å². The van der Waals surface area contributed by atoms with Crippen molar-refractivity contribution in [2.24, 2.45) is 11.8 Å². The molecule has 40 heavy (non-hydrogen) atoms. The molecule has 0 saturated heterocycles. The number of ether oxygens (including phenoxy) is 3. The molecule has 3 rings (SSSR count). The molecule has 0 aromatic carbocycles. The van der Waals surface area contributed by atoms with Gasteiger partial charge in [-0.2, -0.15) is 0 Å². The van der Waals surface area contributed by atoms with Gasteiger partial charge >= 0.3 is 41.8 Å². The quantitative estimate of drug-likeness (QED) is 0.178. The lowest BCUT2D eigenvalue weighted by atomic mass is 9.84. The van der Waals surface area contributed by atoms with E-state index in [2.05, 4.69) is 0 Å². The minimum Gasteiger partial charge on any atom is -0.481 e.